The lowest BCUT2D eigenvalue weighted by Gasteiger charge is -2.37. The fraction of sp³-hybridized carbons (Fsp3) is 0.538. The van der Waals surface area contributed by atoms with Crippen LogP contribution in [0.2, 0.25) is 0 Å². The molecule has 0 spiro atoms. The Bertz CT molecular complexity index is 420. The van der Waals surface area contributed by atoms with Gasteiger partial charge in [0.25, 0.3) is 0 Å². The quantitative estimate of drug-likeness (QED) is 0.853. The van der Waals surface area contributed by atoms with Crippen molar-refractivity contribution in [1.82, 2.24) is 4.98 Å². The van der Waals surface area contributed by atoms with Crippen molar-refractivity contribution < 1.29 is 9.90 Å². The van der Waals surface area contributed by atoms with E-state index in [2.05, 4.69) is 23.7 Å². The van der Waals surface area contributed by atoms with Crippen molar-refractivity contribution in [2.45, 2.75) is 32.7 Å². The first-order valence-electron chi connectivity index (χ1n) is 6.05. The Morgan fingerprint density at radius 2 is 2.18 bits per heavy atom. The predicted molar refractivity (Wildman–Crippen MR) is 66.4 cm³/mol. The largest absolute Gasteiger partial charge is 0.477 e. The topological polar surface area (TPSA) is 53.4 Å². The number of aromatic nitrogens is 1. The summed E-state index contributed by atoms with van der Waals surface area (Å²) in [6.45, 7) is 5.35. The molecule has 17 heavy (non-hydrogen) atoms. The van der Waals surface area contributed by atoms with E-state index < -0.39 is 5.97 Å². The normalized spacial score (nSPS) is 24.7. The van der Waals surface area contributed by atoms with Crippen LogP contribution in [-0.4, -0.2) is 28.6 Å². The number of aromatic carboxylic acids is 1. The Balaban J connectivity index is 2.26. The minimum absolute atomic E-state index is 0.118. The highest BCUT2D eigenvalue weighted by molar-refractivity contribution is 5.85. The molecule has 0 saturated carbocycles. The summed E-state index contributed by atoms with van der Waals surface area (Å²) >= 11 is 0. The number of anilines is 1. The summed E-state index contributed by atoms with van der Waals surface area (Å²) in [5.74, 6) is 0.454. The molecule has 0 amide bonds. The summed E-state index contributed by atoms with van der Waals surface area (Å²) in [6, 6.07) is 5.62. The number of hydrogen-bond donors (Lipinski definition) is 1. The van der Waals surface area contributed by atoms with Crippen molar-refractivity contribution in [3.8, 4) is 0 Å². The molecule has 1 aromatic heterocycles. The number of piperidine rings is 1. The number of carboxylic acid groups (broad SMARTS) is 1. The fourth-order valence-corrected chi connectivity index (χ4v) is 2.31. The molecule has 1 saturated heterocycles. The molecule has 1 fully saturated rings. The molecule has 1 aromatic rings. The molecule has 2 rings (SSSR count). The van der Waals surface area contributed by atoms with E-state index in [1.807, 2.05) is 6.07 Å². The first kappa shape index (κ1) is 11.9. The zero-order valence-electron chi connectivity index (χ0n) is 10.3. The van der Waals surface area contributed by atoms with E-state index >= 15 is 0 Å². The molecule has 0 aliphatic carbocycles. The van der Waals surface area contributed by atoms with E-state index in [9.17, 15) is 4.79 Å². The molecule has 2 heterocycles. The molecule has 0 bridgehead atoms. The Kier molecular flexibility index (Phi) is 3.31. The van der Waals surface area contributed by atoms with Gasteiger partial charge in [-0.3, -0.25) is 0 Å². The zero-order chi connectivity index (χ0) is 12.4. The van der Waals surface area contributed by atoms with E-state index in [-0.39, 0.29) is 5.69 Å². The van der Waals surface area contributed by atoms with E-state index in [4.69, 9.17) is 5.11 Å². The van der Waals surface area contributed by atoms with Crippen molar-refractivity contribution >= 4 is 11.8 Å². The van der Waals surface area contributed by atoms with Crippen LogP contribution in [0.15, 0.2) is 18.2 Å². The highest BCUT2D eigenvalue weighted by atomic mass is 16.4. The molecular formula is C13H18N2O2. The smallest absolute Gasteiger partial charge is 0.354 e. The summed E-state index contributed by atoms with van der Waals surface area (Å²) in [4.78, 5) is 17.3. The summed E-state index contributed by atoms with van der Waals surface area (Å²) in [5.41, 5.74) is 0.118. The first-order valence-corrected chi connectivity index (χ1v) is 6.05. The molecule has 0 aromatic carbocycles. The minimum atomic E-state index is -0.968. The fourth-order valence-electron chi connectivity index (χ4n) is 2.31. The van der Waals surface area contributed by atoms with Gasteiger partial charge < -0.3 is 10.0 Å². The van der Waals surface area contributed by atoms with E-state index in [1.165, 1.54) is 12.5 Å². The van der Waals surface area contributed by atoms with Crippen LogP contribution in [0.3, 0.4) is 0 Å². The van der Waals surface area contributed by atoms with Gasteiger partial charge in [0.05, 0.1) is 0 Å². The maximum atomic E-state index is 10.9. The summed E-state index contributed by atoms with van der Waals surface area (Å²) in [7, 11) is 0. The van der Waals surface area contributed by atoms with Crippen molar-refractivity contribution in [1.29, 1.82) is 0 Å². The predicted octanol–water partition coefficient (Wildman–Crippen LogP) is 2.40. The molecule has 1 N–H and O–H groups in total. The van der Waals surface area contributed by atoms with Gasteiger partial charge in [0.2, 0.25) is 0 Å². The highest BCUT2D eigenvalue weighted by Crippen LogP contribution is 2.26. The summed E-state index contributed by atoms with van der Waals surface area (Å²) in [6.07, 6.45) is 2.37. The van der Waals surface area contributed by atoms with E-state index in [0.717, 1.165) is 18.8 Å². The van der Waals surface area contributed by atoms with Gasteiger partial charge in [-0.2, -0.15) is 0 Å². The van der Waals surface area contributed by atoms with Gasteiger partial charge >= 0.3 is 5.97 Å². The molecule has 92 valence electrons. The Morgan fingerprint density at radius 3 is 2.88 bits per heavy atom. The molecule has 4 nitrogen and oxygen atoms in total. The molecule has 1 aliphatic rings. The van der Waals surface area contributed by atoms with Gasteiger partial charge in [0.15, 0.2) is 5.69 Å². The number of rotatable bonds is 2. The molecule has 2 unspecified atom stereocenters. The number of carbonyl (C=O) groups is 1. The number of carboxylic acids is 1. The van der Waals surface area contributed by atoms with Crippen molar-refractivity contribution in [2.24, 2.45) is 5.92 Å². The van der Waals surface area contributed by atoms with Gasteiger partial charge in [-0.1, -0.05) is 13.0 Å². The minimum Gasteiger partial charge on any atom is -0.477 e. The van der Waals surface area contributed by atoms with Crippen molar-refractivity contribution in [3.63, 3.8) is 0 Å². The van der Waals surface area contributed by atoms with Gasteiger partial charge in [0.1, 0.15) is 5.82 Å². The number of pyridine rings is 1. The van der Waals surface area contributed by atoms with Crippen LogP contribution in [-0.2, 0) is 0 Å². The molecule has 2 atom stereocenters. The van der Waals surface area contributed by atoms with Crippen LogP contribution in [0.25, 0.3) is 0 Å². The van der Waals surface area contributed by atoms with Gasteiger partial charge in [-0.05, 0) is 37.8 Å². The van der Waals surface area contributed by atoms with E-state index in [0.29, 0.717) is 12.0 Å². The van der Waals surface area contributed by atoms with Crippen molar-refractivity contribution in [3.05, 3.63) is 23.9 Å². The Morgan fingerprint density at radius 1 is 1.41 bits per heavy atom. The highest BCUT2D eigenvalue weighted by Gasteiger charge is 2.24. The van der Waals surface area contributed by atoms with Crippen LogP contribution in [0.4, 0.5) is 5.82 Å². The van der Waals surface area contributed by atoms with Crippen LogP contribution in [0.1, 0.15) is 37.2 Å². The number of nitrogens with zero attached hydrogens (tertiary/aromatic N) is 2. The Hall–Kier alpha value is -1.58. The summed E-state index contributed by atoms with van der Waals surface area (Å²) < 4.78 is 0. The Labute approximate surface area is 101 Å². The lowest BCUT2D eigenvalue weighted by Crippen LogP contribution is -2.41. The second-order valence-electron chi connectivity index (χ2n) is 4.87. The zero-order valence-corrected chi connectivity index (χ0v) is 10.3. The van der Waals surface area contributed by atoms with Crippen LogP contribution < -0.4 is 4.90 Å². The summed E-state index contributed by atoms with van der Waals surface area (Å²) in [5, 5.41) is 8.94. The average molecular weight is 234 g/mol. The van der Waals surface area contributed by atoms with Crippen LogP contribution >= 0.6 is 0 Å². The van der Waals surface area contributed by atoms with E-state index in [1.54, 1.807) is 6.07 Å². The molecule has 0 radical (unpaired) electrons. The lowest BCUT2D eigenvalue weighted by molar-refractivity contribution is 0.0690. The number of hydrogen-bond acceptors (Lipinski definition) is 3. The van der Waals surface area contributed by atoms with Crippen molar-refractivity contribution in [2.75, 3.05) is 11.4 Å². The molecule has 1 aliphatic heterocycles. The molecular weight excluding hydrogens is 216 g/mol. The first-order chi connectivity index (χ1) is 8.08. The van der Waals surface area contributed by atoms with Crippen LogP contribution in [0.5, 0.6) is 0 Å². The third-order valence-electron chi connectivity index (χ3n) is 3.37. The maximum absolute atomic E-state index is 10.9. The maximum Gasteiger partial charge on any atom is 0.354 e. The molecule has 4 heteroatoms. The van der Waals surface area contributed by atoms with Gasteiger partial charge in [-0.25, -0.2) is 9.78 Å². The standard InChI is InChI=1S/C13H18N2O2/c1-9-6-7-10(2)15(8-9)12-5-3-4-11(14-12)13(16)17/h3-5,9-10H,6-8H2,1-2H3,(H,16,17). The SMILES string of the molecule is CC1CCC(C)N(c2cccc(C(=O)O)n2)C1. The average Bonchev–Trinajstić information content (AvgIpc) is 2.32. The third kappa shape index (κ3) is 2.57. The van der Waals surface area contributed by atoms with Gasteiger partial charge in [0, 0.05) is 12.6 Å². The second kappa shape index (κ2) is 4.73. The second-order valence-corrected chi connectivity index (χ2v) is 4.87. The van der Waals surface area contributed by atoms with Gasteiger partial charge in [-0.15, -0.1) is 0 Å². The van der Waals surface area contributed by atoms with Crippen LogP contribution in [0, 0.1) is 5.92 Å². The monoisotopic (exact) mass is 234 g/mol. The lowest BCUT2D eigenvalue weighted by atomic mass is 9.95. The third-order valence-corrected chi connectivity index (χ3v) is 3.37.